The number of nitrogens with zero attached hydrogens (tertiary/aromatic N) is 1. The summed E-state index contributed by atoms with van der Waals surface area (Å²) in [7, 11) is 0. The fraction of sp³-hybridized carbons (Fsp3) is 0.400. The summed E-state index contributed by atoms with van der Waals surface area (Å²) in [5.41, 5.74) is 1.07. The van der Waals surface area contributed by atoms with Crippen LogP contribution in [0.2, 0.25) is 0 Å². The number of carbonyl (C=O) groups is 2. The van der Waals surface area contributed by atoms with Crippen LogP contribution < -0.4 is 5.32 Å². The van der Waals surface area contributed by atoms with Crippen molar-refractivity contribution in [3.05, 3.63) is 34.5 Å². The SMILES string of the molecule is Cc1cc(NC(=O)[C@@H](C)OC(=O)c2c(C)oc(C)c2C)no1. The van der Waals surface area contributed by atoms with Crippen molar-refractivity contribution in [2.75, 3.05) is 5.32 Å². The van der Waals surface area contributed by atoms with E-state index in [1.807, 2.05) is 0 Å². The lowest BCUT2D eigenvalue weighted by atomic mass is 10.1. The number of hydrogen-bond acceptors (Lipinski definition) is 6. The molecule has 0 fully saturated rings. The quantitative estimate of drug-likeness (QED) is 0.873. The van der Waals surface area contributed by atoms with Gasteiger partial charge in [-0.1, -0.05) is 5.16 Å². The zero-order valence-corrected chi connectivity index (χ0v) is 13.1. The summed E-state index contributed by atoms with van der Waals surface area (Å²) in [6.07, 6.45) is -0.974. The molecule has 0 saturated heterocycles. The minimum Gasteiger partial charge on any atom is -0.465 e. The van der Waals surface area contributed by atoms with E-state index in [0.717, 1.165) is 0 Å². The van der Waals surface area contributed by atoms with Crippen LogP contribution in [-0.2, 0) is 9.53 Å². The Labute approximate surface area is 127 Å². The standard InChI is InChI=1S/C15H18N2O5/c1-7-6-12(17-22-7)16-14(18)11(5)21-15(19)13-8(2)9(3)20-10(13)4/h6,11H,1-5H3,(H,16,17,18)/t11-/m1/s1. The van der Waals surface area contributed by atoms with Crippen molar-refractivity contribution < 1.29 is 23.3 Å². The normalized spacial score (nSPS) is 12.0. The Kier molecular flexibility index (Phi) is 4.35. The number of rotatable bonds is 4. The molecule has 0 aliphatic carbocycles. The molecule has 0 aliphatic heterocycles. The van der Waals surface area contributed by atoms with Gasteiger partial charge < -0.3 is 19.0 Å². The average molecular weight is 306 g/mol. The minimum absolute atomic E-state index is 0.275. The van der Waals surface area contributed by atoms with Crippen LogP contribution in [0.25, 0.3) is 0 Å². The van der Waals surface area contributed by atoms with Gasteiger partial charge in [-0.05, 0) is 34.6 Å². The Hall–Kier alpha value is -2.57. The molecule has 2 aromatic rings. The van der Waals surface area contributed by atoms with Gasteiger partial charge in [0.15, 0.2) is 11.9 Å². The van der Waals surface area contributed by atoms with Crippen LogP contribution in [0.1, 0.15) is 40.1 Å². The number of aromatic nitrogens is 1. The average Bonchev–Trinajstić information content (AvgIpc) is 2.93. The lowest BCUT2D eigenvalue weighted by Gasteiger charge is -2.12. The summed E-state index contributed by atoms with van der Waals surface area (Å²) in [5.74, 6) is 0.888. The van der Waals surface area contributed by atoms with E-state index in [0.29, 0.717) is 28.4 Å². The highest BCUT2D eigenvalue weighted by atomic mass is 16.5. The van der Waals surface area contributed by atoms with Crippen molar-refractivity contribution in [2.24, 2.45) is 0 Å². The molecule has 0 radical (unpaired) electrons. The van der Waals surface area contributed by atoms with Gasteiger partial charge in [0.2, 0.25) is 0 Å². The number of carbonyl (C=O) groups excluding carboxylic acids is 2. The van der Waals surface area contributed by atoms with E-state index in [1.165, 1.54) is 6.92 Å². The van der Waals surface area contributed by atoms with E-state index in [-0.39, 0.29) is 5.82 Å². The summed E-state index contributed by atoms with van der Waals surface area (Å²) in [4.78, 5) is 24.1. The Morgan fingerprint density at radius 2 is 1.91 bits per heavy atom. The Balaban J connectivity index is 2.03. The number of anilines is 1. The van der Waals surface area contributed by atoms with Gasteiger partial charge in [-0.15, -0.1) is 0 Å². The number of amides is 1. The first-order valence-corrected chi connectivity index (χ1v) is 6.81. The highest BCUT2D eigenvalue weighted by molar-refractivity contribution is 5.97. The number of furan rings is 1. The third kappa shape index (κ3) is 3.19. The highest BCUT2D eigenvalue weighted by Crippen LogP contribution is 2.22. The van der Waals surface area contributed by atoms with Gasteiger partial charge in [-0.3, -0.25) is 4.79 Å². The van der Waals surface area contributed by atoms with E-state index in [4.69, 9.17) is 13.7 Å². The van der Waals surface area contributed by atoms with Gasteiger partial charge in [-0.2, -0.15) is 0 Å². The molecule has 2 heterocycles. The van der Waals surface area contributed by atoms with Crippen LogP contribution in [0.4, 0.5) is 5.82 Å². The van der Waals surface area contributed by atoms with Gasteiger partial charge in [0, 0.05) is 11.6 Å². The first-order chi connectivity index (χ1) is 10.3. The summed E-state index contributed by atoms with van der Waals surface area (Å²) >= 11 is 0. The van der Waals surface area contributed by atoms with Crippen LogP contribution in [0.15, 0.2) is 15.0 Å². The van der Waals surface area contributed by atoms with Crippen LogP contribution in [0.3, 0.4) is 0 Å². The molecule has 0 spiro atoms. The fourth-order valence-electron chi connectivity index (χ4n) is 2.02. The van der Waals surface area contributed by atoms with Crippen molar-refractivity contribution >= 4 is 17.7 Å². The second-order valence-corrected chi connectivity index (χ2v) is 5.07. The van der Waals surface area contributed by atoms with Crippen molar-refractivity contribution in [3.8, 4) is 0 Å². The van der Waals surface area contributed by atoms with Gasteiger partial charge in [0.05, 0.1) is 0 Å². The summed E-state index contributed by atoms with van der Waals surface area (Å²) in [5, 5.41) is 6.15. The smallest absolute Gasteiger partial charge is 0.342 e. The molecule has 0 aromatic carbocycles. The van der Waals surface area contributed by atoms with Gasteiger partial charge >= 0.3 is 5.97 Å². The van der Waals surface area contributed by atoms with Gasteiger partial charge in [0.1, 0.15) is 22.8 Å². The molecule has 0 saturated carbocycles. The molecule has 7 heteroatoms. The Bertz CT molecular complexity index is 714. The predicted octanol–water partition coefficient (Wildman–Crippen LogP) is 2.69. The number of esters is 1. The third-order valence-electron chi connectivity index (χ3n) is 3.30. The molecule has 0 unspecified atom stereocenters. The highest BCUT2D eigenvalue weighted by Gasteiger charge is 2.25. The number of nitrogens with one attached hydrogen (secondary N) is 1. The molecule has 1 atom stereocenters. The molecule has 0 aliphatic rings. The molecule has 2 aromatic heterocycles. The lowest BCUT2D eigenvalue weighted by Crippen LogP contribution is -2.30. The second-order valence-electron chi connectivity index (χ2n) is 5.07. The molecular formula is C15H18N2O5. The van der Waals surface area contributed by atoms with Crippen LogP contribution in [-0.4, -0.2) is 23.1 Å². The maximum Gasteiger partial charge on any atom is 0.342 e. The summed E-state index contributed by atoms with van der Waals surface area (Å²) in [6.45, 7) is 8.41. The molecule has 2 rings (SSSR count). The summed E-state index contributed by atoms with van der Waals surface area (Å²) < 4.78 is 15.4. The van der Waals surface area contributed by atoms with Gasteiger partial charge in [0.25, 0.3) is 5.91 Å². The number of aryl methyl sites for hydroxylation is 3. The second kappa shape index (κ2) is 6.05. The van der Waals surface area contributed by atoms with E-state index in [2.05, 4.69) is 10.5 Å². The monoisotopic (exact) mass is 306 g/mol. The van der Waals surface area contributed by atoms with Crippen LogP contribution in [0.5, 0.6) is 0 Å². The number of ether oxygens (including phenoxy) is 1. The molecule has 1 amide bonds. The zero-order chi connectivity index (χ0) is 16.4. The minimum atomic E-state index is -0.974. The Morgan fingerprint density at radius 3 is 2.41 bits per heavy atom. The predicted molar refractivity (Wildman–Crippen MR) is 77.7 cm³/mol. The lowest BCUT2D eigenvalue weighted by molar-refractivity contribution is -0.123. The zero-order valence-electron chi connectivity index (χ0n) is 13.1. The maximum atomic E-state index is 12.2. The third-order valence-corrected chi connectivity index (χ3v) is 3.30. The molecule has 1 N–H and O–H groups in total. The molecule has 118 valence electrons. The van der Waals surface area contributed by atoms with E-state index in [9.17, 15) is 9.59 Å². The van der Waals surface area contributed by atoms with Crippen molar-refractivity contribution in [1.29, 1.82) is 0 Å². The summed E-state index contributed by atoms with van der Waals surface area (Å²) in [6, 6.07) is 1.57. The van der Waals surface area contributed by atoms with Gasteiger partial charge in [-0.25, -0.2) is 4.79 Å². The first-order valence-electron chi connectivity index (χ1n) is 6.81. The molecular weight excluding hydrogens is 288 g/mol. The van der Waals surface area contributed by atoms with E-state index >= 15 is 0 Å². The van der Waals surface area contributed by atoms with Crippen molar-refractivity contribution in [2.45, 2.75) is 40.7 Å². The number of hydrogen-bond donors (Lipinski definition) is 1. The van der Waals surface area contributed by atoms with Crippen molar-refractivity contribution in [3.63, 3.8) is 0 Å². The topological polar surface area (TPSA) is 94.6 Å². The molecule has 7 nitrogen and oxygen atoms in total. The van der Waals surface area contributed by atoms with Crippen LogP contribution >= 0.6 is 0 Å². The molecule has 0 bridgehead atoms. The first kappa shape index (κ1) is 15.8. The van der Waals surface area contributed by atoms with E-state index in [1.54, 1.807) is 33.8 Å². The van der Waals surface area contributed by atoms with Crippen molar-refractivity contribution in [1.82, 2.24) is 5.16 Å². The maximum absolute atomic E-state index is 12.2. The van der Waals surface area contributed by atoms with E-state index < -0.39 is 18.0 Å². The fourth-order valence-corrected chi connectivity index (χ4v) is 2.02. The molecule has 22 heavy (non-hydrogen) atoms. The van der Waals surface area contributed by atoms with Crippen LogP contribution in [0, 0.1) is 27.7 Å². The Morgan fingerprint density at radius 1 is 1.23 bits per heavy atom. The largest absolute Gasteiger partial charge is 0.465 e.